The number of piperidine rings is 1. The van der Waals surface area contributed by atoms with Crippen molar-refractivity contribution in [2.24, 2.45) is 0 Å². The molecular formula is C19H21N7OS. The molecule has 2 fully saturated rings. The van der Waals surface area contributed by atoms with Gasteiger partial charge >= 0.3 is 0 Å². The Bertz CT molecular complexity index is 978. The van der Waals surface area contributed by atoms with Crippen molar-refractivity contribution in [2.45, 2.75) is 54.5 Å². The lowest BCUT2D eigenvalue weighted by atomic mass is 9.93. The lowest BCUT2D eigenvalue weighted by molar-refractivity contribution is 0.307. The molecule has 4 heterocycles. The molecule has 0 spiro atoms. The Balaban J connectivity index is 1.31. The smallest absolute Gasteiger partial charge is 0.185 e. The SMILES string of the molecule is C[C@]12CCC(C[C@@H](Sc3cnc(-c4ccc(-n5cnnc5)cc4O)nn3)C1)N2. The van der Waals surface area contributed by atoms with Crippen molar-refractivity contribution in [2.75, 3.05) is 0 Å². The maximum Gasteiger partial charge on any atom is 0.185 e. The van der Waals surface area contributed by atoms with Crippen molar-refractivity contribution in [3.63, 3.8) is 0 Å². The van der Waals surface area contributed by atoms with E-state index in [1.54, 1.807) is 47.3 Å². The highest BCUT2D eigenvalue weighted by atomic mass is 32.2. The first kappa shape index (κ1) is 17.6. The molecule has 144 valence electrons. The third-order valence-electron chi connectivity index (χ3n) is 5.59. The topological polar surface area (TPSA) is 102 Å². The third-order valence-corrected chi connectivity index (χ3v) is 6.71. The van der Waals surface area contributed by atoms with Gasteiger partial charge in [-0.15, -0.1) is 20.4 Å². The Hall–Kier alpha value is -2.52. The molecule has 0 radical (unpaired) electrons. The highest BCUT2D eigenvalue weighted by Gasteiger charge is 2.42. The van der Waals surface area contributed by atoms with Crippen LogP contribution in [0.4, 0.5) is 0 Å². The molecule has 3 aromatic rings. The van der Waals surface area contributed by atoms with Crippen molar-refractivity contribution in [1.82, 2.24) is 35.3 Å². The van der Waals surface area contributed by atoms with E-state index in [4.69, 9.17) is 0 Å². The monoisotopic (exact) mass is 395 g/mol. The summed E-state index contributed by atoms with van der Waals surface area (Å²) < 4.78 is 1.72. The van der Waals surface area contributed by atoms with Crippen LogP contribution in [0, 0.1) is 0 Å². The van der Waals surface area contributed by atoms with E-state index in [1.807, 2.05) is 6.07 Å². The summed E-state index contributed by atoms with van der Waals surface area (Å²) in [6.07, 6.45) is 9.73. The minimum absolute atomic E-state index is 0.0938. The second kappa shape index (κ2) is 6.82. The van der Waals surface area contributed by atoms with Gasteiger partial charge in [0.05, 0.1) is 17.4 Å². The van der Waals surface area contributed by atoms with Crippen LogP contribution in [0.15, 0.2) is 42.1 Å². The molecule has 2 saturated heterocycles. The summed E-state index contributed by atoms with van der Waals surface area (Å²) in [6, 6.07) is 5.89. The normalized spacial score (nSPS) is 26.5. The maximum atomic E-state index is 10.4. The molecular weight excluding hydrogens is 374 g/mol. The molecule has 2 N–H and O–H groups in total. The number of phenols is 1. The molecule has 2 aromatic heterocycles. The summed E-state index contributed by atoms with van der Waals surface area (Å²) in [5.74, 6) is 0.505. The van der Waals surface area contributed by atoms with Crippen LogP contribution in [0.5, 0.6) is 5.75 Å². The van der Waals surface area contributed by atoms with E-state index in [-0.39, 0.29) is 11.3 Å². The van der Waals surface area contributed by atoms with Gasteiger partial charge in [0.25, 0.3) is 0 Å². The second-order valence-electron chi connectivity index (χ2n) is 7.81. The van der Waals surface area contributed by atoms with Gasteiger partial charge in [0.1, 0.15) is 23.4 Å². The maximum absolute atomic E-state index is 10.4. The molecule has 1 aromatic carbocycles. The van der Waals surface area contributed by atoms with E-state index >= 15 is 0 Å². The zero-order valence-corrected chi connectivity index (χ0v) is 16.3. The summed E-state index contributed by atoms with van der Waals surface area (Å²) >= 11 is 1.76. The molecule has 1 unspecified atom stereocenters. The fourth-order valence-corrected chi connectivity index (χ4v) is 5.60. The van der Waals surface area contributed by atoms with Gasteiger partial charge in [-0.25, -0.2) is 4.98 Å². The third kappa shape index (κ3) is 3.35. The second-order valence-corrected chi connectivity index (χ2v) is 9.13. The van der Waals surface area contributed by atoms with Crippen LogP contribution in [0.2, 0.25) is 0 Å². The summed E-state index contributed by atoms with van der Waals surface area (Å²) in [4.78, 5) is 4.44. The number of benzene rings is 1. The molecule has 0 aliphatic carbocycles. The van der Waals surface area contributed by atoms with Crippen molar-refractivity contribution in [3.8, 4) is 22.8 Å². The molecule has 3 atom stereocenters. The number of fused-ring (bicyclic) bond motifs is 2. The average molecular weight is 395 g/mol. The minimum Gasteiger partial charge on any atom is -0.507 e. The number of phenolic OH excluding ortho intramolecular Hbond substituents is 1. The Labute approximate surface area is 166 Å². The molecule has 9 heteroatoms. The van der Waals surface area contributed by atoms with Gasteiger partial charge in [0.2, 0.25) is 0 Å². The van der Waals surface area contributed by atoms with Crippen LogP contribution in [0.1, 0.15) is 32.6 Å². The molecule has 28 heavy (non-hydrogen) atoms. The van der Waals surface area contributed by atoms with Gasteiger partial charge in [0.15, 0.2) is 5.82 Å². The molecule has 2 aliphatic heterocycles. The predicted molar refractivity (Wildman–Crippen MR) is 105 cm³/mol. The van der Waals surface area contributed by atoms with Crippen molar-refractivity contribution in [1.29, 1.82) is 0 Å². The highest BCUT2D eigenvalue weighted by molar-refractivity contribution is 7.99. The fourth-order valence-electron chi connectivity index (χ4n) is 4.28. The van der Waals surface area contributed by atoms with E-state index in [1.165, 1.54) is 12.8 Å². The molecule has 0 saturated carbocycles. The van der Waals surface area contributed by atoms with E-state index in [0.717, 1.165) is 23.6 Å². The largest absolute Gasteiger partial charge is 0.507 e. The number of nitrogens with one attached hydrogen (secondary N) is 1. The van der Waals surface area contributed by atoms with Crippen LogP contribution < -0.4 is 5.32 Å². The van der Waals surface area contributed by atoms with Gasteiger partial charge in [-0.2, -0.15) is 0 Å². The number of rotatable bonds is 4. The zero-order chi connectivity index (χ0) is 19.1. The van der Waals surface area contributed by atoms with E-state index in [9.17, 15) is 5.11 Å². The van der Waals surface area contributed by atoms with Crippen molar-refractivity contribution in [3.05, 3.63) is 37.1 Å². The first-order valence-corrected chi connectivity index (χ1v) is 10.3. The number of aromatic nitrogens is 6. The molecule has 8 nitrogen and oxygen atoms in total. The molecule has 5 rings (SSSR count). The van der Waals surface area contributed by atoms with Gasteiger partial charge in [0, 0.05) is 22.9 Å². The quantitative estimate of drug-likeness (QED) is 0.695. The van der Waals surface area contributed by atoms with Gasteiger partial charge in [-0.3, -0.25) is 4.57 Å². The summed E-state index contributed by atoms with van der Waals surface area (Å²) in [7, 11) is 0. The van der Waals surface area contributed by atoms with Crippen molar-refractivity contribution >= 4 is 11.8 Å². The lowest BCUT2D eigenvalue weighted by Crippen LogP contribution is -2.48. The minimum atomic E-state index is 0.0938. The van der Waals surface area contributed by atoms with Crippen LogP contribution in [0.25, 0.3) is 17.1 Å². The Morgan fingerprint density at radius 1 is 1.25 bits per heavy atom. The van der Waals surface area contributed by atoms with Crippen molar-refractivity contribution < 1.29 is 5.11 Å². The first-order chi connectivity index (χ1) is 13.6. The van der Waals surface area contributed by atoms with E-state index < -0.39 is 0 Å². The van der Waals surface area contributed by atoms with E-state index in [2.05, 4.69) is 37.6 Å². The van der Waals surface area contributed by atoms with Crippen LogP contribution >= 0.6 is 11.8 Å². The number of thioether (sulfide) groups is 1. The van der Waals surface area contributed by atoms with Crippen LogP contribution in [-0.2, 0) is 0 Å². The number of hydrogen-bond donors (Lipinski definition) is 2. The van der Waals surface area contributed by atoms with Gasteiger partial charge in [-0.05, 0) is 44.7 Å². The lowest BCUT2D eigenvalue weighted by Gasteiger charge is -2.35. The summed E-state index contributed by atoms with van der Waals surface area (Å²) in [6.45, 7) is 2.32. The number of hydrogen-bond acceptors (Lipinski definition) is 8. The van der Waals surface area contributed by atoms with E-state index in [0.29, 0.717) is 22.7 Å². The number of nitrogens with zero attached hydrogens (tertiary/aromatic N) is 6. The van der Waals surface area contributed by atoms with Crippen LogP contribution in [0.3, 0.4) is 0 Å². The first-order valence-electron chi connectivity index (χ1n) is 9.40. The highest BCUT2D eigenvalue weighted by Crippen LogP contribution is 2.41. The molecule has 2 bridgehead atoms. The average Bonchev–Trinajstić information content (AvgIpc) is 3.30. The molecule has 2 aliphatic rings. The standard InChI is InChI=1S/C19H21N7OS/c1-19-5-4-12(23-19)6-14(8-19)28-17-9-20-18(25-24-17)15-3-2-13(7-16(15)27)26-10-21-22-11-26/h2-3,7,9-12,14,23,27H,4-6,8H2,1H3/t12?,14-,19+/m1/s1. The zero-order valence-electron chi connectivity index (χ0n) is 15.5. The molecule has 0 amide bonds. The van der Waals surface area contributed by atoms with Crippen LogP contribution in [-0.4, -0.2) is 51.9 Å². The van der Waals surface area contributed by atoms with Gasteiger partial charge in [-0.1, -0.05) is 11.8 Å². The fraction of sp³-hybridized carbons (Fsp3) is 0.421. The predicted octanol–water partition coefficient (Wildman–Crippen LogP) is 2.59. The number of aromatic hydroxyl groups is 1. The summed E-state index contributed by atoms with van der Waals surface area (Å²) in [5, 5.41) is 31.6. The Morgan fingerprint density at radius 3 is 2.82 bits per heavy atom. The Kier molecular flexibility index (Phi) is 4.28. The van der Waals surface area contributed by atoms with Gasteiger partial charge < -0.3 is 10.4 Å². The Morgan fingerprint density at radius 2 is 2.11 bits per heavy atom. The summed E-state index contributed by atoms with van der Waals surface area (Å²) in [5.41, 5.74) is 1.58.